The number of amides is 1. The molecule has 140 valence electrons. The molecular weight excluding hydrogens is 380 g/mol. The summed E-state index contributed by atoms with van der Waals surface area (Å²) in [5.74, 6) is -0.869. The van der Waals surface area contributed by atoms with Gasteiger partial charge in [0.25, 0.3) is 5.91 Å². The van der Waals surface area contributed by atoms with Gasteiger partial charge in [-0.3, -0.25) is 9.59 Å². The number of aromatic nitrogens is 1. The normalized spacial score (nSPS) is 11.8. The van der Waals surface area contributed by atoms with Crippen molar-refractivity contribution in [3.05, 3.63) is 64.5 Å². The van der Waals surface area contributed by atoms with Gasteiger partial charge in [-0.1, -0.05) is 43.3 Å². The maximum absolute atomic E-state index is 13.1. The minimum Gasteiger partial charge on any atom is -0.469 e. The van der Waals surface area contributed by atoms with Crippen molar-refractivity contribution in [1.29, 1.82) is 0 Å². The van der Waals surface area contributed by atoms with Crippen LogP contribution in [-0.2, 0) is 16.1 Å². The predicted octanol–water partition coefficient (Wildman–Crippen LogP) is 4.32. The summed E-state index contributed by atoms with van der Waals surface area (Å²) >= 11 is 2.96. The highest BCUT2D eigenvalue weighted by Crippen LogP contribution is 2.29. The van der Waals surface area contributed by atoms with Crippen LogP contribution in [0, 0.1) is 5.92 Å². The molecule has 0 N–H and O–H groups in total. The third-order valence-corrected chi connectivity index (χ3v) is 6.07. The Morgan fingerprint density at radius 3 is 2.63 bits per heavy atom. The molecular formula is C20H20N2O3S2. The molecule has 1 aromatic carbocycles. The Kier molecular flexibility index (Phi) is 6.36. The van der Waals surface area contributed by atoms with Gasteiger partial charge in [-0.15, -0.1) is 22.7 Å². The Balaban J connectivity index is 1.82. The van der Waals surface area contributed by atoms with Gasteiger partial charge >= 0.3 is 5.97 Å². The van der Waals surface area contributed by atoms with E-state index in [1.165, 1.54) is 18.4 Å². The minimum atomic E-state index is -0.410. The summed E-state index contributed by atoms with van der Waals surface area (Å²) in [7, 11) is 1.36. The fourth-order valence-corrected chi connectivity index (χ4v) is 4.36. The fraction of sp³-hybridized carbons (Fsp3) is 0.250. The number of thiophene rings is 1. The van der Waals surface area contributed by atoms with Crippen LogP contribution in [0.2, 0.25) is 0 Å². The zero-order valence-electron chi connectivity index (χ0n) is 15.1. The predicted molar refractivity (Wildman–Crippen MR) is 108 cm³/mol. The minimum absolute atomic E-state index is 0.130. The molecule has 0 saturated carbocycles. The lowest BCUT2D eigenvalue weighted by Gasteiger charge is -2.24. The van der Waals surface area contributed by atoms with E-state index in [1.807, 2.05) is 47.8 Å². The molecule has 7 heteroatoms. The van der Waals surface area contributed by atoms with Gasteiger partial charge in [-0.2, -0.15) is 0 Å². The zero-order chi connectivity index (χ0) is 19.2. The number of hydrogen-bond donors (Lipinski definition) is 0. The van der Waals surface area contributed by atoms with Crippen LogP contribution in [0.5, 0.6) is 0 Å². The third-order valence-electron chi connectivity index (χ3n) is 4.05. The number of carbonyl (C=O) groups excluding carboxylic acids is 2. The van der Waals surface area contributed by atoms with Crippen LogP contribution < -0.4 is 0 Å². The van der Waals surface area contributed by atoms with Crippen LogP contribution in [0.1, 0.15) is 22.2 Å². The molecule has 0 aliphatic heterocycles. The summed E-state index contributed by atoms with van der Waals surface area (Å²) in [5, 5.41) is 2.81. The average Bonchev–Trinajstić information content (AvgIpc) is 3.38. The Morgan fingerprint density at radius 1 is 1.19 bits per heavy atom. The molecule has 0 fully saturated rings. The highest BCUT2D eigenvalue weighted by atomic mass is 32.1. The van der Waals surface area contributed by atoms with E-state index in [2.05, 4.69) is 4.98 Å². The maximum Gasteiger partial charge on any atom is 0.310 e. The molecule has 2 aromatic heterocycles. The standard InChI is InChI=1S/C20H20N2O3S2/c1-14(20(24)25-2)12-22(13-15-7-4-3-5-8-15)19(23)17-11-21-18(27-17)16-9-6-10-26-16/h3-11,14H,12-13H2,1-2H3. The van der Waals surface area contributed by atoms with E-state index in [0.29, 0.717) is 11.4 Å². The van der Waals surface area contributed by atoms with E-state index in [0.717, 1.165) is 15.4 Å². The summed E-state index contributed by atoms with van der Waals surface area (Å²) in [4.78, 5) is 32.6. The van der Waals surface area contributed by atoms with Crippen molar-refractivity contribution in [1.82, 2.24) is 9.88 Å². The van der Waals surface area contributed by atoms with Crippen LogP contribution in [0.25, 0.3) is 9.88 Å². The van der Waals surface area contributed by atoms with E-state index >= 15 is 0 Å². The molecule has 1 atom stereocenters. The van der Waals surface area contributed by atoms with E-state index in [4.69, 9.17) is 4.74 Å². The SMILES string of the molecule is COC(=O)C(C)CN(Cc1ccccc1)C(=O)c1cnc(-c2cccs2)s1. The third kappa shape index (κ3) is 4.81. The van der Waals surface area contributed by atoms with Crippen molar-refractivity contribution in [2.75, 3.05) is 13.7 Å². The van der Waals surface area contributed by atoms with Crippen molar-refractivity contribution in [3.63, 3.8) is 0 Å². The average molecular weight is 401 g/mol. The van der Waals surface area contributed by atoms with Crippen LogP contribution in [0.4, 0.5) is 0 Å². The van der Waals surface area contributed by atoms with E-state index in [9.17, 15) is 9.59 Å². The van der Waals surface area contributed by atoms with Gasteiger partial charge in [0.15, 0.2) is 0 Å². The number of nitrogens with zero attached hydrogens (tertiary/aromatic N) is 2. The van der Waals surface area contributed by atoms with E-state index < -0.39 is 5.92 Å². The van der Waals surface area contributed by atoms with Gasteiger partial charge in [0.1, 0.15) is 9.88 Å². The number of rotatable bonds is 7. The van der Waals surface area contributed by atoms with E-state index in [-0.39, 0.29) is 18.4 Å². The van der Waals surface area contributed by atoms with Crippen LogP contribution in [0.3, 0.4) is 0 Å². The molecule has 0 aliphatic rings. The topological polar surface area (TPSA) is 59.5 Å². The van der Waals surface area contributed by atoms with Gasteiger partial charge in [0, 0.05) is 13.1 Å². The second-order valence-electron chi connectivity index (χ2n) is 6.10. The molecule has 1 amide bonds. The smallest absolute Gasteiger partial charge is 0.310 e. The molecule has 2 heterocycles. The van der Waals surface area contributed by atoms with Gasteiger partial charge < -0.3 is 9.64 Å². The quantitative estimate of drug-likeness (QED) is 0.554. The van der Waals surface area contributed by atoms with Crippen LogP contribution in [-0.4, -0.2) is 35.4 Å². The Labute approximate surface area is 166 Å². The lowest BCUT2D eigenvalue weighted by atomic mass is 10.1. The zero-order valence-corrected chi connectivity index (χ0v) is 16.8. The molecule has 1 unspecified atom stereocenters. The summed E-state index contributed by atoms with van der Waals surface area (Å²) in [6, 6.07) is 13.7. The second kappa shape index (κ2) is 8.92. The first kappa shape index (κ1) is 19.3. The first-order valence-corrected chi connectivity index (χ1v) is 10.2. The first-order valence-electron chi connectivity index (χ1n) is 8.49. The van der Waals surface area contributed by atoms with Crippen LogP contribution >= 0.6 is 22.7 Å². The second-order valence-corrected chi connectivity index (χ2v) is 8.08. The summed E-state index contributed by atoms with van der Waals surface area (Å²) in [6.45, 7) is 2.47. The molecule has 0 aliphatic carbocycles. The number of methoxy groups -OCH3 is 1. The van der Waals surface area contributed by atoms with E-state index in [1.54, 1.807) is 29.4 Å². The Hall–Kier alpha value is -2.51. The molecule has 0 bridgehead atoms. The van der Waals surface area contributed by atoms with Gasteiger partial charge in [-0.05, 0) is 17.0 Å². The van der Waals surface area contributed by atoms with Crippen molar-refractivity contribution >= 4 is 34.6 Å². The lowest BCUT2D eigenvalue weighted by Crippen LogP contribution is -2.36. The molecule has 0 spiro atoms. The Bertz CT molecular complexity index is 891. The summed E-state index contributed by atoms with van der Waals surface area (Å²) in [6.07, 6.45) is 1.61. The van der Waals surface area contributed by atoms with Crippen molar-refractivity contribution < 1.29 is 14.3 Å². The van der Waals surface area contributed by atoms with Crippen molar-refractivity contribution in [2.24, 2.45) is 5.92 Å². The number of hydrogen-bond acceptors (Lipinski definition) is 6. The van der Waals surface area contributed by atoms with Crippen LogP contribution in [0.15, 0.2) is 54.0 Å². The highest BCUT2D eigenvalue weighted by Gasteiger charge is 2.24. The highest BCUT2D eigenvalue weighted by molar-refractivity contribution is 7.21. The monoisotopic (exact) mass is 400 g/mol. The number of thiazole rings is 1. The number of ether oxygens (including phenoxy) is 1. The lowest BCUT2D eigenvalue weighted by molar-refractivity contribution is -0.145. The maximum atomic E-state index is 13.1. The molecule has 5 nitrogen and oxygen atoms in total. The molecule has 0 radical (unpaired) electrons. The van der Waals surface area contributed by atoms with Gasteiger partial charge in [0.05, 0.1) is 24.1 Å². The number of benzene rings is 1. The largest absolute Gasteiger partial charge is 0.469 e. The summed E-state index contributed by atoms with van der Waals surface area (Å²) < 4.78 is 4.82. The molecule has 3 rings (SSSR count). The Morgan fingerprint density at radius 2 is 1.96 bits per heavy atom. The molecule has 0 saturated heterocycles. The number of carbonyl (C=O) groups is 2. The van der Waals surface area contributed by atoms with Crippen molar-refractivity contribution in [2.45, 2.75) is 13.5 Å². The number of esters is 1. The molecule has 3 aromatic rings. The van der Waals surface area contributed by atoms with Gasteiger partial charge in [-0.25, -0.2) is 4.98 Å². The van der Waals surface area contributed by atoms with Crippen molar-refractivity contribution in [3.8, 4) is 9.88 Å². The van der Waals surface area contributed by atoms with Gasteiger partial charge in [0.2, 0.25) is 0 Å². The first-order chi connectivity index (χ1) is 13.1. The summed E-state index contributed by atoms with van der Waals surface area (Å²) in [5.41, 5.74) is 1.01. The molecule has 27 heavy (non-hydrogen) atoms. The fourth-order valence-electron chi connectivity index (χ4n) is 2.67.